The molecule has 0 spiro atoms. The van der Waals surface area contributed by atoms with Gasteiger partial charge in [-0.3, -0.25) is 19.8 Å². The summed E-state index contributed by atoms with van der Waals surface area (Å²) in [4.78, 5) is 13.5. The number of rotatable bonds is 4. The van der Waals surface area contributed by atoms with Crippen LogP contribution >= 0.6 is 0 Å². The highest BCUT2D eigenvalue weighted by molar-refractivity contribution is 5.09. The summed E-state index contributed by atoms with van der Waals surface area (Å²) >= 11 is 0. The molecule has 2 saturated heterocycles. The molecule has 0 N–H and O–H groups in total. The van der Waals surface area contributed by atoms with E-state index in [2.05, 4.69) is 31.9 Å². The number of hydrogen-bond donors (Lipinski definition) is 0. The van der Waals surface area contributed by atoms with Gasteiger partial charge >= 0.3 is 0 Å². The average molecular weight is 338 g/mol. The first-order valence-corrected chi connectivity index (χ1v) is 9.21. The van der Waals surface area contributed by atoms with Gasteiger partial charge in [-0.1, -0.05) is 12.1 Å². The number of fused-ring (bicyclic) bond motifs is 1. The zero-order valence-electron chi connectivity index (χ0n) is 14.6. The highest BCUT2D eigenvalue weighted by atomic mass is 16.5. The van der Waals surface area contributed by atoms with Crippen molar-refractivity contribution in [2.45, 2.75) is 25.6 Å². The maximum absolute atomic E-state index is 6.23. The fourth-order valence-electron chi connectivity index (χ4n) is 3.97. The standard InChI is InChI=1S/C20H26N4O/c1-3-17(11-21-6-1)13-23-8-5-19-15-24(9-10-25-20(19)16-23)14-18-4-2-7-22-12-18/h1-4,6-7,11-12,19-20H,5,8-10,13-16H2/t19-,20-/m1/s1. The number of pyridine rings is 2. The Hall–Kier alpha value is -1.82. The minimum Gasteiger partial charge on any atom is -0.375 e. The lowest BCUT2D eigenvalue weighted by Crippen LogP contribution is -2.46. The summed E-state index contributed by atoms with van der Waals surface area (Å²) in [6.45, 7) is 7.06. The van der Waals surface area contributed by atoms with Crippen LogP contribution in [0.1, 0.15) is 17.5 Å². The van der Waals surface area contributed by atoms with Gasteiger partial charge in [0, 0.05) is 63.4 Å². The van der Waals surface area contributed by atoms with E-state index in [1.54, 1.807) is 0 Å². The van der Waals surface area contributed by atoms with Crippen molar-refractivity contribution in [2.75, 3.05) is 32.8 Å². The SMILES string of the molecule is c1cncc(CN2CCO[C@@H]3CN(Cc4cccnc4)CC[C@@H]3C2)c1. The van der Waals surface area contributed by atoms with E-state index in [-0.39, 0.29) is 0 Å². The van der Waals surface area contributed by atoms with Crippen LogP contribution in [0.15, 0.2) is 49.1 Å². The van der Waals surface area contributed by atoms with Crippen LogP contribution in [-0.2, 0) is 17.8 Å². The predicted molar refractivity (Wildman–Crippen MR) is 96.9 cm³/mol. The molecule has 4 heterocycles. The molecule has 5 nitrogen and oxygen atoms in total. The van der Waals surface area contributed by atoms with Crippen LogP contribution in [-0.4, -0.2) is 58.7 Å². The van der Waals surface area contributed by atoms with Gasteiger partial charge in [-0.15, -0.1) is 0 Å². The molecule has 4 rings (SSSR count). The Balaban J connectivity index is 1.34. The summed E-state index contributed by atoms with van der Waals surface area (Å²) in [5.41, 5.74) is 2.57. The van der Waals surface area contributed by atoms with Crippen LogP contribution in [0.5, 0.6) is 0 Å². The fourth-order valence-corrected chi connectivity index (χ4v) is 3.97. The van der Waals surface area contributed by atoms with Gasteiger partial charge in [-0.2, -0.15) is 0 Å². The molecule has 0 saturated carbocycles. The van der Waals surface area contributed by atoms with Gasteiger partial charge in [0.25, 0.3) is 0 Å². The first kappa shape index (κ1) is 16.6. The summed E-state index contributed by atoms with van der Waals surface area (Å²) < 4.78 is 6.23. The van der Waals surface area contributed by atoms with Crippen LogP contribution in [0.2, 0.25) is 0 Å². The Morgan fingerprint density at radius 1 is 0.920 bits per heavy atom. The Morgan fingerprint density at radius 2 is 1.60 bits per heavy atom. The summed E-state index contributed by atoms with van der Waals surface area (Å²) in [5, 5.41) is 0. The number of ether oxygens (including phenoxy) is 1. The minimum absolute atomic E-state index is 0.351. The largest absolute Gasteiger partial charge is 0.375 e. The summed E-state index contributed by atoms with van der Waals surface area (Å²) in [6.07, 6.45) is 9.16. The molecule has 0 unspecified atom stereocenters. The van der Waals surface area contributed by atoms with Crippen molar-refractivity contribution in [3.05, 3.63) is 60.2 Å². The lowest BCUT2D eigenvalue weighted by atomic mass is 9.93. The van der Waals surface area contributed by atoms with Gasteiger partial charge in [-0.25, -0.2) is 0 Å². The van der Waals surface area contributed by atoms with Gasteiger partial charge in [0.1, 0.15) is 0 Å². The predicted octanol–water partition coefficient (Wildman–Crippen LogP) is 2.20. The van der Waals surface area contributed by atoms with Crippen molar-refractivity contribution in [3.63, 3.8) is 0 Å². The molecule has 2 atom stereocenters. The average Bonchev–Trinajstić information content (AvgIpc) is 2.85. The normalized spacial score (nSPS) is 25.3. The van der Waals surface area contributed by atoms with Gasteiger partial charge in [0.2, 0.25) is 0 Å². The first-order valence-electron chi connectivity index (χ1n) is 9.21. The van der Waals surface area contributed by atoms with E-state index in [1.165, 1.54) is 17.5 Å². The van der Waals surface area contributed by atoms with Crippen LogP contribution < -0.4 is 0 Å². The van der Waals surface area contributed by atoms with Gasteiger partial charge in [0.05, 0.1) is 12.7 Å². The van der Waals surface area contributed by atoms with E-state index in [0.717, 1.165) is 45.9 Å². The number of piperidine rings is 1. The zero-order chi connectivity index (χ0) is 16.9. The van der Waals surface area contributed by atoms with E-state index in [0.29, 0.717) is 12.0 Å². The van der Waals surface area contributed by atoms with E-state index >= 15 is 0 Å². The minimum atomic E-state index is 0.351. The lowest BCUT2D eigenvalue weighted by Gasteiger charge is -2.38. The summed E-state index contributed by atoms with van der Waals surface area (Å²) in [5.74, 6) is 0.629. The molecule has 2 aromatic heterocycles. The maximum atomic E-state index is 6.23. The third kappa shape index (κ3) is 4.42. The van der Waals surface area contributed by atoms with Crippen LogP contribution in [0.3, 0.4) is 0 Å². The van der Waals surface area contributed by atoms with Crippen molar-refractivity contribution in [3.8, 4) is 0 Å². The molecule has 0 radical (unpaired) electrons. The van der Waals surface area contributed by atoms with E-state index < -0.39 is 0 Å². The second-order valence-corrected chi connectivity index (χ2v) is 7.15. The zero-order valence-corrected chi connectivity index (χ0v) is 14.6. The molecule has 0 aromatic carbocycles. The monoisotopic (exact) mass is 338 g/mol. The Labute approximate surface area is 149 Å². The number of hydrogen-bond acceptors (Lipinski definition) is 5. The fraction of sp³-hybridized carbons (Fsp3) is 0.500. The molecule has 2 fully saturated rings. The van der Waals surface area contributed by atoms with E-state index in [4.69, 9.17) is 4.74 Å². The van der Waals surface area contributed by atoms with Crippen LogP contribution in [0.25, 0.3) is 0 Å². The van der Waals surface area contributed by atoms with E-state index in [9.17, 15) is 0 Å². The summed E-state index contributed by atoms with van der Waals surface area (Å²) in [6, 6.07) is 8.35. The van der Waals surface area contributed by atoms with Crippen molar-refractivity contribution in [1.29, 1.82) is 0 Å². The molecule has 25 heavy (non-hydrogen) atoms. The molecule has 2 aliphatic heterocycles. The molecule has 132 valence electrons. The molecule has 0 bridgehead atoms. The molecule has 0 amide bonds. The Bertz CT molecular complexity index is 651. The third-order valence-electron chi connectivity index (χ3n) is 5.27. The molecule has 2 aromatic rings. The maximum Gasteiger partial charge on any atom is 0.0743 e. The number of likely N-dealkylation sites (tertiary alicyclic amines) is 1. The quantitative estimate of drug-likeness (QED) is 0.855. The topological polar surface area (TPSA) is 41.5 Å². The Morgan fingerprint density at radius 3 is 2.24 bits per heavy atom. The molecular formula is C20H26N4O. The van der Waals surface area contributed by atoms with E-state index in [1.807, 2.05) is 36.9 Å². The highest BCUT2D eigenvalue weighted by Gasteiger charge is 2.33. The lowest BCUT2D eigenvalue weighted by molar-refractivity contribution is -0.0242. The molecule has 2 aliphatic rings. The Kier molecular flexibility index (Phi) is 5.35. The third-order valence-corrected chi connectivity index (χ3v) is 5.27. The smallest absolute Gasteiger partial charge is 0.0743 e. The first-order chi connectivity index (χ1) is 12.4. The van der Waals surface area contributed by atoms with Gasteiger partial charge in [-0.05, 0) is 36.2 Å². The van der Waals surface area contributed by atoms with Crippen molar-refractivity contribution >= 4 is 0 Å². The second-order valence-electron chi connectivity index (χ2n) is 7.15. The molecular weight excluding hydrogens is 312 g/mol. The van der Waals surface area contributed by atoms with Gasteiger partial charge in [0.15, 0.2) is 0 Å². The van der Waals surface area contributed by atoms with Crippen LogP contribution in [0.4, 0.5) is 0 Å². The number of aromatic nitrogens is 2. The summed E-state index contributed by atoms with van der Waals surface area (Å²) in [7, 11) is 0. The van der Waals surface area contributed by atoms with Gasteiger partial charge < -0.3 is 4.74 Å². The highest BCUT2D eigenvalue weighted by Crippen LogP contribution is 2.25. The molecule has 5 heteroatoms. The number of nitrogens with zero attached hydrogens (tertiary/aromatic N) is 4. The van der Waals surface area contributed by atoms with Crippen molar-refractivity contribution in [2.24, 2.45) is 5.92 Å². The second kappa shape index (κ2) is 8.04. The molecule has 0 aliphatic carbocycles. The van der Waals surface area contributed by atoms with Crippen molar-refractivity contribution < 1.29 is 4.74 Å². The van der Waals surface area contributed by atoms with Crippen LogP contribution in [0, 0.1) is 5.92 Å². The van der Waals surface area contributed by atoms with Crippen molar-refractivity contribution in [1.82, 2.24) is 19.8 Å².